The molecule has 110 valence electrons. The fourth-order valence-corrected chi connectivity index (χ4v) is 2.64. The molecule has 3 rings (SSSR count). The Balaban J connectivity index is 1.53. The molecule has 1 aliphatic carbocycles. The van der Waals surface area contributed by atoms with Crippen LogP contribution in [0.1, 0.15) is 12.8 Å². The van der Waals surface area contributed by atoms with Crippen LogP contribution in [0.4, 0.5) is 0 Å². The van der Waals surface area contributed by atoms with Crippen molar-refractivity contribution >= 4 is 0 Å². The highest BCUT2D eigenvalue weighted by atomic mass is 16.5. The van der Waals surface area contributed by atoms with Gasteiger partial charge in [-0.15, -0.1) is 0 Å². The van der Waals surface area contributed by atoms with Crippen LogP contribution in [0.2, 0.25) is 0 Å². The number of ether oxygens (including phenoxy) is 1. The van der Waals surface area contributed by atoms with Crippen molar-refractivity contribution in [1.82, 2.24) is 14.8 Å². The lowest BCUT2D eigenvalue weighted by molar-refractivity contribution is -0.00835. The Kier molecular flexibility index (Phi) is 4.50. The summed E-state index contributed by atoms with van der Waals surface area (Å²) >= 11 is 0. The van der Waals surface area contributed by atoms with Gasteiger partial charge in [-0.25, -0.2) is 0 Å². The Morgan fingerprint density at radius 2 is 2.20 bits per heavy atom. The normalized spacial score (nSPS) is 23.9. The SMILES string of the molecule is O=c1ccccn1CCN1CCOCC1CNC1CC1. The van der Waals surface area contributed by atoms with Crippen molar-refractivity contribution in [3.8, 4) is 0 Å². The summed E-state index contributed by atoms with van der Waals surface area (Å²) in [7, 11) is 0. The molecule has 1 N–H and O–H groups in total. The third-order valence-electron chi connectivity index (χ3n) is 4.10. The summed E-state index contributed by atoms with van der Waals surface area (Å²) in [5.41, 5.74) is 0.0772. The number of morpholine rings is 1. The van der Waals surface area contributed by atoms with Gasteiger partial charge in [-0.05, 0) is 18.9 Å². The number of aromatic nitrogens is 1. The number of rotatable bonds is 6. The largest absolute Gasteiger partial charge is 0.378 e. The van der Waals surface area contributed by atoms with Gasteiger partial charge in [-0.1, -0.05) is 6.07 Å². The summed E-state index contributed by atoms with van der Waals surface area (Å²) < 4.78 is 7.37. The van der Waals surface area contributed by atoms with Crippen molar-refractivity contribution < 1.29 is 4.74 Å². The summed E-state index contributed by atoms with van der Waals surface area (Å²) in [6.45, 7) is 5.20. The van der Waals surface area contributed by atoms with Crippen LogP contribution in [-0.4, -0.2) is 54.4 Å². The van der Waals surface area contributed by atoms with Gasteiger partial charge in [0.1, 0.15) is 0 Å². The Bertz CT molecular complexity index is 484. The molecule has 2 aliphatic rings. The second kappa shape index (κ2) is 6.52. The first-order valence-corrected chi connectivity index (χ1v) is 7.53. The molecule has 0 bridgehead atoms. The van der Waals surface area contributed by atoms with Gasteiger partial charge >= 0.3 is 0 Å². The number of hydrogen-bond acceptors (Lipinski definition) is 4. The third kappa shape index (κ3) is 3.69. The van der Waals surface area contributed by atoms with Gasteiger partial charge in [0.15, 0.2) is 0 Å². The Hall–Kier alpha value is -1.17. The minimum absolute atomic E-state index is 0.0772. The van der Waals surface area contributed by atoms with Crippen molar-refractivity contribution in [3.63, 3.8) is 0 Å². The first kappa shape index (κ1) is 13.8. The zero-order valence-corrected chi connectivity index (χ0v) is 11.8. The van der Waals surface area contributed by atoms with E-state index >= 15 is 0 Å². The van der Waals surface area contributed by atoms with Crippen LogP contribution in [0.3, 0.4) is 0 Å². The molecule has 1 aromatic heterocycles. The van der Waals surface area contributed by atoms with Gasteiger partial charge in [0.2, 0.25) is 0 Å². The van der Waals surface area contributed by atoms with Crippen molar-refractivity contribution in [3.05, 3.63) is 34.7 Å². The molecule has 0 radical (unpaired) electrons. The minimum atomic E-state index is 0.0772. The van der Waals surface area contributed by atoms with Crippen molar-refractivity contribution in [2.24, 2.45) is 0 Å². The first-order valence-electron chi connectivity index (χ1n) is 7.53. The molecule has 0 spiro atoms. The van der Waals surface area contributed by atoms with E-state index in [2.05, 4.69) is 10.2 Å². The van der Waals surface area contributed by atoms with Crippen LogP contribution in [0.5, 0.6) is 0 Å². The van der Waals surface area contributed by atoms with E-state index in [0.717, 1.165) is 45.4 Å². The zero-order valence-electron chi connectivity index (χ0n) is 11.8. The molecule has 20 heavy (non-hydrogen) atoms. The van der Waals surface area contributed by atoms with E-state index in [0.29, 0.717) is 6.04 Å². The summed E-state index contributed by atoms with van der Waals surface area (Å²) in [5.74, 6) is 0. The lowest BCUT2D eigenvalue weighted by Crippen LogP contribution is -2.51. The summed E-state index contributed by atoms with van der Waals surface area (Å²) in [6, 6.07) is 6.48. The molecule has 1 aromatic rings. The van der Waals surface area contributed by atoms with Gasteiger partial charge < -0.3 is 14.6 Å². The highest BCUT2D eigenvalue weighted by Gasteiger charge is 2.26. The van der Waals surface area contributed by atoms with E-state index in [1.54, 1.807) is 16.7 Å². The minimum Gasteiger partial charge on any atom is -0.378 e. The molecule has 2 fully saturated rings. The molecule has 0 amide bonds. The number of nitrogens with zero attached hydrogens (tertiary/aromatic N) is 2. The zero-order chi connectivity index (χ0) is 13.8. The van der Waals surface area contributed by atoms with Gasteiger partial charge in [0, 0.05) is 50.5 Å². The van der Waals surface area contributed by atoms with E-state index in [4.69, 9.17) is 4.74 Å². The Labute approximate surface area is 119 Å². The maximum absolute atomic E-state index is 11.7. The van der Waals surface area contributed by atoms with E-state index in [1.807, 2.05) is 12.3 Å². The standard InChI is InChI=1S/C15H23N3O2/c19-15-3-1-2-6-18(15)8-7-17-9-10-20-12-14(17)11-16-13-4-5-13/h1-3,6,13-14,16H,4-5,7-12H2. The lowest BCUT2D eigenvalue weighted by atomic mass is 10.2. The molecule has 5 heteroatoms. The molecule has 5 nitrogen and oxygen atoms in total. The first-order chi connectivity index (χ1) is 9.83. The topological polar surface area (TPSA) is 46.5 Å². The fraction of sp³-hybridized carbons (Fsp3) is 0.667. The molecule has 1 unspecified atom stereocenters. The third-order valence-corrected chi connectivity index (χ3v) is 4.10. The van der Waals surface area contributed by atoms with Gasteiger partial charge in [0.05, 0.1) is 13.2 Å². The van der Waals surface area contributed by atoms with E-state index < -0.39 is 0 Å². The number of hydrogen-bond donors (Lipinski definition) is 1. The Morgan fingerprint density at radius 1 is 1.30 bits per heavy atom. The fourth-order valence-electron chi connectivity index (χ4n) is 2.64. The molecule has 1 saturated heterocycles. The molecule has 2 heterocycles. The maximum atomic E-state index is 11.7. The molecule has 0 aromatic carbocycles. The highest BCUT2D eigenvalue weighted by Crippen LogP contribution is 2.19. The van der Waals surface area contributed by atoms with Crippen molar-refractivity contribution in [2.45, 2.75) is 31.5 Å². The summed E-state index contributed by atoms with van der Waals surface area (Å²) in [5, 5.41) is 3.58. The van der Waals surface area contributed by atoms with Crippen LogP contribution >= 0.6 is 0 Å². The molecular weight excluding hydrogens is 254 g/mol. The smallest absolute Gasteiger partial charge is 0.250 e. The van der Waals surface area contributed by atoms with E-state index in [9.17, 15) is 4.79 Å². The highest BCUT2D eigenvalue weighted by molar-refractivity contribution is 4.93. The maximum Gasteiger partial charge on any atom is 0.250 e. The van der Waals surface area contributed by atoms with E-state index in [-0.39, 0.29) is 5.56 Å². The Morgan fingerprint density at radius 3 is 3.00 bits per heavy atom. The lowest BCUT2D eigenvalue weighted by Gasteiger charge is -2.35. The second-order valence-electron chi connectivity index (χ2n) is 5.68. The molecule has 1 aliphatic heterocycles. The van der Waals surface area contributed by atoms with Gasteiger partial charge in [-0.3, -0.25) is 9.69 Å². The number of nitrogens with one attached hydrogen (secondary N) is 1. The predicted molar refractivity (Wildman–Crippen MR) is 77.9 cm³/mol. The summed E-state index contributed by atoms with van der Waals surface area (Å²) in [4.78, 5) is 14.1. The van der Waals surface area contributed by atoms with Crippen LogP contribution < -0.4 is 10.9 Å². The molecule has 1 atom stereocenters. The monoisotopic (exact) mass is 277 g/mol. The van der Waals surface area contributed by atoms with Crippen LogP contribution in [0, 0.1) is 0 Å². The van der Waals surface area contributed by atoms with Gasteiger partial charge in [-0.2, -0.15) is 0 Å². The number of pyridine rings is 1. The average Bonchev–Trinajstić information content (AvgIpc) is 3.29. The predicted octanol–water partition coefficient (Wildman–Crippen LogP) is 0.301. The van der Waals surface area contributed by atoms with Gasteiger partial charge in [0.25, 0.3) is 5.56 Å². The average molecular weight is 277 g/mol. The molecule has 1 saturated carbocycles. The van der Waals surface area contributed by atoms with E-state index in [1.165, 1.54) is 12.8 Å². The van der Waals surface area contributed by atoms with Crippen LogP contribution in [0.15, 0.2) is 29.2 Å². The second-order valence-corrected chi connectivity index (χ2v) is 5.68. The van der Waals surface area contributed by atoms with Crippen LogP contribution in [-0.2, 0) is 11.3 Å². The van der Waals surface area contributed by atoms with Crippen molar-refractivity contribution in [1.29, 1.82) is 0 Å². The van der Waals surface area contributed by atoms with Crippen molar-refractivity contribution in [2.75, 3.05) is 32.8 Å². The van der Waals surface area contributed by atoms with Crippen LogP contribution in [0.25, 0.3) is 0 Å². The summed E-state index contributed by atoms with van der Waals surface area (Å²) in [6.07, 6.45) is 4.49. The molecular formula is C15H23N3O2. The quantitative estimate of drug-likeness (QED) is 0.812.